The van der Waals surface area contributed by atoms with Crippen LogP contribution in [0, 0.1) is 11.6 Å². The average molecular weight is 294 g/mol. The first-order chi connectivity index (χ1) is 9.84. The zero-order chi connectivity index (χ0) is 15.5. The number of ketones is 1. The number of nitrogens with two attached hydrogens (primary N) is 1. The van der Waals surface area contributed by atoms with E-state index in [1.54, 1.807) is 6.92 Å². The first-order valence-electron chi connectivity index (χ1n) is 6.33. The van der Waals surface area contributed by atoms with Gasteiger partial charge in [0.15, 0.2) is 17.3 Å². The maximum Gasteiger partial charge on any atom is 0.205 e. The Bertz CT molecular complexity index is 858. The Labute approximate surface area is 117 Å². The van der Waals surface area contributed by atoms with Gasteiger partial charge in [-0.15, -0.1) is 0 Å². The molecule has 1 aromatic heterocycles. The summed E-state index contributed by atoms with van der Waals surface area (Å²) in [6, 6.07) is -0.247. The van der Waals surface area contributed by atoms with Crippen molar-refractivity contribution in [3.8, 4) is 5.75 Å². The number of Topliss-reactive ketones (excluding diaryl/α,β-unsaturated/α-hetero) is 1. The SMILES string of the molecule is CC(=O)c1cn2c3c(c(F)c(F)c(N)c3c1=O)OC[C@@H]2C. The Morgan fingerprint density at radius 1 is 1.43 bits per heavy atom. The van der Waals surface area contributed by atoms with Gasteiger partial charge in [0.05, 0.1) is 22.7 Å². The van der Waals surface area contributed by atoms with Crippen LogP contribution in [0.2, 0.25) is 0 Å². The Morgan fingerprint density at radius 2 is 2.10 bits per heavy atom. The fourth-order valence-electron chi connectivity index (χ4n) is 2.56. The van der Waals surface area contributed by atoms with E-state index in [1.165, 1.54) is 17.7 Å². The van der Waals surface area contributed by atoms with Gasteiger partial charge in [0.1, 0.15) is 12.1 Å². The third-order valence-electron chi connectivity index (χ3n) is 3.67. The molecular formula is C14H12F2N2O3. The Hall–Kier alpha value is -2.44. The molecule has 1 aromatic carbocycles. The van der Waals surface area contributed by atoms with Crippen LogP contribution >= 0.6 is 0 Å². The zero-order valence-corrected chi connectivity index (χ0v) is 11.4. The van der Waals surface area contributed by atoms with E-state index in [0.717, 1.165) is 0 Å². The van der Waals surface area contributed by atoms with Crippen molar-refractivity contribution in [3.05, 3.63) is 33.6 Å². The second kappa shape index (κ2) is 4.28. The van der Waals surface area contributed by atoms with E-state index in [1.807, 2.05) is 0 Å². The lowest BCUT2D eigenvalue weighted by atomic mass is 10.0. The lowest BCUT2D eigenvalue weighted by Gasteiger charge is -2.27. The number of carbonyl (C=O) groups is 1. The molecule has 5 nitrogen and oxygen atoms in total. The average Bonchev–Trinajstić information content (AvgIpc) is 2.43. The molecule has 0 saturated carbocycles. The van der Waals surface area contributed by atoms with Crippen molar-refractivity contribution in [2.24, 2.45) is 0 Å². The predicted octanol–water partition coefficient (Wildman–Crippen LogP) is 2.02. The van der Waals surface area contributed by atoms with E-state index in [9.17, 15) is 18.4 Å². The summed E-state index contributed by atoms with van der Waals surface area (Å²) in [4.78, 5) is 23.9. The maximum atomic E-state index is 14.0. The van der Waals surface area contributed by atoms with E-state index in [2.05, 4.69) is 0 Å². The number of rotatable bonds is 1. The van der Waals surface area contributed by atoms with Gasteiger partial charge in [-0.05, 0) is 13.8 Å². The maximum absolute atomic E-state index is 14.0. The van der Waals surface area contributed by atoms with Crippen molar-refractivity contribution in [1.29, 1.82) is 0 Å². The second-order valence-corrected chi connectivity index (χ2v) is 5.09. The highest BCUT2D eigenvalue weighted by Crippen LogP contribution is 2.38. The molecule has 1 aliphatic heterocycles. The van der Waals surface area contributed by atoms with Crippen LogP contribution in [0.25, 0.3) is 10.9 Å². The van der Waals surface area contributed by atoms with E-state index >= 15 is 0 Å². The molecule has 21 heavy (non-hydrogen) atoms. The van der Waals surface area contributed by atoms with Crippen molar-refractivity contribution in [1.82, 2.24) is 4.57 Å². The molecule has 7 heteroatoms. The van der Waals surface area contributed by atoms with E-state index in [0.29, 0.717) is 0 Å². The van der Waals surface area contributed by atoms with Crippen molar-refractivity contribution in [2.45, 2.75) is 19.9 Å². The lowest BCUT2D eigenvalue weighted by molar-refractivity contribution is 0.101. The molecule has 0 aliphatic carbocycles. The van der Waals surface area contributed by atoms with E-state index in [4.69, 9.17) is 10.5 Å². The van der Waals surface area contributed by atoms with Gasteiger partial charge in [-0.3, -0.25) is 9.59 Å². The summed E-state index contributed by atoms with van der Waals surface area (Å²) in [5.41, 5.74) is 4.20. The number of halogens is 2. The molecule has 0 saturated heterocycles. The Kier molecular flexibility index (Phi) is 2.76. The molecule has 0 bridgehead atoms. The Morgan fingerprint density at radius 3 is 2.71 bits per heavy atom. The van der Waals surface area contributed by atoms with Gasteiger partial charge in [-0.2, -0.15) is 4.39 Å². The minimum absolute atomic E-state index is 0.0835. The Balaban J connectivity index is 2.64. The number of nitrogen functional groups attached to an aromatic ring is 1. The predicted molar refractivity (Wildman–Crippen MR) is 72.7 cm³/mol. The number of hydrogen-bond acceptors (Lipinski definition) is 4. The highest BCUT2D eigenvalue weighted by atomic mass is 19.2. The normalized spacial score (nSPS) is 16.9. The molecule has 2 N–H and O–H groups in total. The molecule has 2 heterocycles. The van der Waals surface area contributed by atoms with E-state index < -0.39 is 28.5 Å². The number of anilines is 1. The number of hydrogen-bond donors (Lipinski definition) is 1. The minimum atomic E-state index is -1.34. The van der Waals surface area contributed by atoms with Gasteiger partial charge in [0.2, 0.25) is 11.2 Å². The largest absolute Gasteiger partial charge is 0.486 e. The van der Waals surface area contributed by atoms with Crippen LogP contribution in [0.4, 0.5) is 14.5 Å². The van der Waals surface area contributed by atoms with Crippen molar-refractivity contribution >= 4 is 22.4 Å². The number of pyridine rings is 1. The number of ether oxygens (including phenoxy) is 1. The molecule has 0 spiro atoms. The number of carbonyl (C=O) groups excluding carboxylic acids is 1. The van der Waals surface area contributed by atoms with Crippen molar-refractivity contribution in [3.63, 3.8) is 0 Å². The molecule has 1 aliphatic rings. The summed E-state index contributed by atoms with van der Waals surface area (Å²) >= 11 is 0. The van der Waals surface area contributed by atoms with E-state index in [-0.39, 0.29) is 34.9 Å². The summed E-state index contributed by atoms with van der Waals surface area (Å²) in [6.45, 7) is 3.10. The molecule has 0 unspecified atom stereocenters. The molecular weight excluding hydrogens is 282 g/mol. The van der Waals surface area contributed by atoms with Crippen LogP contribution in [0.3, 0.4) is 0 Å². The van der Waals surface area contributed by atoms with Gasteiger partial charge < -0.3 is 15.0 Å². The fourth-order valence-corrected chi connectivity index (χ4v) is 2.56. The molecule has 0 radical (unpaired) electrons. The van der Waals surface area contributed by atoms with Crippen LogP contribution in [0.1, 0.15) is 30.2 Å². The van der Waals surface area contributed by atoms with Gasteiger partial charge >= 0.3 is 0 Å². The number of nitrogens with zero attached hydrogens (tertiary/aromatic N) is 1. The van der Waals surface area contributed by atoms with Crippen molar-refractivity contribution < 1.29 is 18.3 Å². The summed E-state index contributed by atoms with van der Waals surface area (Å²) in [6.07, 6.45) is 1.35. The summed E-state index contributed by atoms with van der Waals surface area (Å²) < 4.78 is 34.6. The molecule has 0 fully saturated rings. The molecule has 0 amide bonds. The van der Waals surface area contributed by atoms with Crippen LogP contribution < -0.4 is 15.9 Å². The molecule has 2 aromatic rings. The smallest absolute Gasteiger partial charge is 0.205 e. The third kappa shape index (κ3) is 1.66. The highest BCUT2D eigenvalue weighted by molar-refractivity contribution is 6.02. The molecule has 3 rings (SSSR count). The monoisotopic (exact) mass is 294 g/mol. The van der Waals surface area contributed by atoms with Gasteiger partial charge in [-0.25, -0.2) is 4.39 Å². The van der Waals surface area contributed by atoms with Crippen LogP contribution in [-0.2, 0) is 0 Å². The molecule has 1 atom stereocenters. The van der Waals surface area contributed by atoms with Gasteiger partial charge in [0.25, 0.3) is 0 Å². The zero-order valence-electron chi connectivity index (χ0n) is 11.4. The summed E-state index contributed by atoms with van der Waals surface area (Å²) in [5.74, 6) is -3.37. The van der Waals surface area contributed by atoms with Crippen molar-refractivity contribution in [2.75, 3.05) is 12.3 Å². The number of aromatic nitrogens is 1. The van der Waals surface area contributed by atoms with Crippen LogP contribution in [-0.4, -0.2) is 17.0 Å². The van der Waals surface area contributed by atoms with Crippen LogP contribution in [0.5, 0.6) is 5.75 Å². The van der Waals surface area contributed by atoms with Gasteiger partial charge in [-0.1, -0.05) is 0 Å². The van der Waals surface area contributed by atoms with Crippen LogP contribution in [0.15, 0.2) is 11.0 Å². The quantitative estimate of drug-likeness (QED) is 0.645. The second-order valence-electron chi connectivity index (χ2n) is 5.09. The molecule has 110 valence electrons. The topological polar surface area (TPSA) is 74.3 Å². The number of benzene rings is 1. The minimum Gasteiger partial charge on any atom is -0.486 e. The fraction of sp³-hybridized carbons (Fsp3) is 0.286. The highest BCUT2D eigenvalue weighted by Gasteiger charge is 2.30. The van der Waals surface area contributed by atoms with Gasteiger partial charge in [0, 0.05) is 6.20 Å². The first-order valence-corrected chi connectivity index (χ1v) is 6.33. The standard InChI is InChI=1S/C14H12F2N2O3/c1-5-4-21-14-10(16)9(15)11(17)8-12(14)18(5)3-7(6(2)19)13(8)20/h3,5H,4,17H2,1-2H3/t5-/m0/s1. The first kappa shape index (κ1) is 13.5. The summed E-state index contributed by atoms with van der Waals surface area (Å²) in [5, 5.41) is -0.219. The summed E-state index contributed by atoms with van der Waals surface area (Å²) in [7, 11) is 0. The third-order valence-corrected chi connectivity index (χ3v) is 3.67. The lowest BCUT2D eigenvalue weighted by Crippen LogP contribution is -2.27.